The molecule has 1 aromatic rings. The SMILES string of the molecule is [CH2-]c1cnc(SC)nc1[N-]CC.[Y]. The first-order valence-corrected chi connectivity index (χ1v) is 4.91. The van der Waals surface area contributed by atoms with E-state index in [2.05, 4.69) is 22.2 Å². The molecule has 0 aromatic carbocycles. The van der Waals surface area contributed by atoms with Gasteiger partial charge in [-0.1, -0.05) is 19.7 Å². The molecular weight excluding hydrogens is 259 g/mol. The summed E-state index contributed by atoms with van der Waals surface area (Å²) in [6, 6.07) is 0. The van der Waals surface area contributed by atoms with Crippen LogP contribution in [0.5, 0.6) is 0 Å². The molecule has 0 fully saturated rings. The predicted octanol–water partition coefficient (Wildman–Crippen LogP) is 2.40. The fourth-order valence-electron chi connectivity index (χ4n) is 0.767. The zero-order valence-corrected chi connectivity index (χ0v) is 11.5. The Balaban J connectivity index is 0.00000144. The first-order chi connectivity index (χ1) is 5.77. The van der Waals surface area contributed by atoms with Crippen molar-refractivity contribution in [1.29, 1.82) is 0 Å². The second kappa shape index (κ2) is 6.63. The van der Waals surface area contributed by atoms with Crippen LogP contribution in [0, 0.1) is 6.92 Å². The van der Waals surface area contributed by atoms with Crippen molar-refractivity contribution in [2.24, 2.45) is 0 Å². The van der Waals surface area contributed by atoms with Crippen LogP contribution in [0.25, 0.3) is 5.32 Å². The predicted molar refractivity (Wildman–Crippen MR) is 51.8 cm³/mol. The quantitative estimate of drug-likeness (QED) is 0.481. The van der Waals surface area contributed by atoms with E-state index in [1.807, 2.05) is 13.2 Å². The minimum atomic E-state index is 0. The van der Waals surface area contributed by atoms with Gasteiger partial charge in [0, 0.05) is 32.7 Å². The van der Waals surface area contributed by atoms with E-state index >= 15 is 0 Å². The second-order valence-corrected chi connectivity index (χ2v) is 2.95. The van der Waals surface area contributed by atoms with Gasteiger partial charge in [-0.05, 0) is 6.26 Å². The first kappa shape index (κ1) is 13.2. The van der Waals surface area contributed by atoms with Gasteiger partial charge < -0.3 is 15.3 Å². The van der Waals surface area contributed by atoms with E-state index < -0.39 is 0 Å². The largest absolute Gasteiger partial charge is 0.527 e. The van der Waals surface area contributed by atoms with Crippen molar-refractivity contribution in [3.8, 4) is 0 Å². The zero-order valence-electron chi connectivity index (χ0n) is 7.82. The Morgan fingerprint density at radius 3 is 2.85 bits per heavy atom. The Bertz CT molecular complexity index is 268. The molecule has 0 amide bonds. The van der Waals surface area contributed by atoms with Crippen LogP contribution in [0.15, 0.2) is 11.4 Å². The fraction of sp³-hybridized carbons (Fsp3) is 0.375. The van der Waals surface area contributed by atoms with Crippen molar-refractivity contribution in [1.82, 2.24) is 9.97 Å². The van der Waals surface area contributed by atoms with Gasteiger partial charge in [0.15, 0.2) is 0 Å². The van der Waals surface area contributed by atoms with E-state index in [4.69, 9.17) is 0 Å². The van der Waals surface area contributed by atoms with E-state index in [9.17, 15) is 0 Å². The Hall–Kier alpha value is 0.204. The van der Waals surface area contributed by atoms with E-state index in [-0.39, 0.29) is 32.7 Å². The Labute approximate surface area is 108 Å². The summed E-state index contributed by atoms with van der Waals surface area (Å²) >= 11 is 1.51. The molecule has 0 atom stereocenters. The molecular formula is C8H11N3SY-2. The standard InChI is InChI=1S/C8H11N3S.Y/c1-4-9-7-6(2)5-10-8(11-7)12-3;/h5H,2,4H2,1,3H3;/q-2;. The number of nitrogens with zero attached hydrogens (tertiary/aromatic N) is 3. The van der Waals surface area contributed by atoms with Gasteiger partial charge in [0.1, 0.15) is 0 Å². The van der Waals surface area contributed by atoms with Crippen LogP contribution in [0.3, 0.4) is 0 Å². The van der Waals surface area contributed by atoms with E-state index in [0.29, 0.717) is 5.82 Å². The fourth-order valence-corrected chi connectivity index (χ4v) is 1.10. The van der Waals surface area contributed by atoms with Crippen LogP contribution in [-0.2, 0) is 32.7 Å². The van der Waals surface area contributed by atoms with E-state index in [1.165, 1.54) is 11.8 Å². The van der Waals surface area contributed by atoms with Gasteiger partial charge in [-0.3, -0.25) is 0 Å². The third kappa shape index (κ3) is 3.83. The summed E-state index contributed by atoms with van der Waals surface area (Å²) < 4.78 is 0. The van der Waals surface area contributed by atoms with Gasteiger partial charge in [-0.2, -0.15) is 18.3 Å². The molecule has 0 bridgehead atoms. The van der Waals surface area contributed by atoms with Crippen LogP contribution in [0.2, 0.25) is 0 Å². The molecule has 1 aromatic heterocycles. The number of hydrogen-bond donors (Lipinski definition) is 0. The summed E-state index contributed by atoms with van der Waals surface area (Å²) in [5.41, 5.74) is 0.787. The molecule has 0 aliphatic rings. The van der Waals surface area contributed by atoms with Crippen LogP contribution < -0.4 is 0 Å². The maximum absolute atomic E-state index is 4.20. The Morgan fingerprint density at radius 1 is 1.62 bits per heavy atom. The average Bonchev–Trinajstić information content (AvgIpc) is 2.09. The summed E-state index contributed by atoms with van der Waals surface area (Å²) in [4.78, 5) is 8.27. The van der Waals surface area contributed by atoms with Gasteiger partial charge in [0.25, 0.3) is 0 Å². The third-order valence-corrected chi connectivity index (χ3v) is 1.87. The zero-order chi connectivity index (χ0) is 8.97. The monoisotopic (exact) mass is 270 g/mol. The molecule has 13 heavy (non-hydrogen) atoms. The van der Waals surface area contributed by atoms with Crippen LogP contribution in [0.4, 0.5) is 5.82 Å². The van der Waals surface area contributed by atoms with Gasteiger partial charge >= 0.3 is 0 Å². The summed E-state index contributed by atoms with van der Waals surface area (Å²) in [5, 5.41) is 4.93. The maximum atomic E-state index is 4.20. The van der Waals surface area contributed by atoms with Gasteiger partial charge in [0.05, 0.1) is 5.16 Å². The van der Waals surface area contributed by atoms with E-state index in [1.54, 1.807) is 6.20 Å². The normalized spacial score (nSPS) is 9.08. The van der Waals surface area contributed by atoms with Crippen molar-refractivity contribution in [2.45, 2.75) is 12.1 Å². The summed E-state index contributed by atoms with van der Waals surface area (Å²) in [7, 11) is 0. The molecule has 0 spiro atoms. The van der Waals surface area contributed by atoms with Gasteiger partial charge in [-0.15, -0.1) is 11.8 Å². The van der Waals surface area contributed by atoms with Crippen molar-refractivity contribution in [2.75, 3.05) is 12.8 Å². The molecule has 1 rings (SSSR count). The van der Waals surface area contributed by atoms with Crippen molar-refractivity contribution >= 4 is 17.6 Å². The van der Waals surface area contributed by atoms with Gasteiger partial charge in [-0.25, -0.2) is 0 Å². The van der Waals surface area contributed by atoms with Gasteiger partial charge in [0.2, 0.25) is 0 Å². The molecule has 5 heteroatoms. The maximum Gasteiger partial charge on any atom is 0.0586 e. The Morgan fingerprint density at radius 2 is 2.31 bits per heavy atom. The van der Waals surface area contributed by atoms with Crippen LogP contribution in [0.1, 0.15) is 12.5 Å². The number of rotatable bonds is 3. The molecule has 0 aliphatic carbocycles. The Kier molecular flexibility index (Phi) is 6.73. The minimum Gasteiger partial charge on any atom is -0.527 e. The first-order valence-electron chi connectivity index (χ1n) is 3.68. The molecule has 3 nitrogen and oxygen atoms in total. The number of aromatic nitrogens is 2. The molecule has 0 unspecified atom stereocenters. The summed E-state index contributed by atoms with van der Waals surface area (Å²) in [6.07, 6.45) is 3.64. The number of hydrogen-bond acceptors (Lipinski definition) is 3. The van der Waals surface area contributed by atoms with E-state index in [0.717, 1.165) is 17.3 Å². The molecule has 0 aliphatic heterocycles. The smallest absolute Gasteiger partial charge is 0.0586 e. The molecule has 69 valence electrons. The molecule has 1 heterocycles. The molecule has 0 saturated carbocycles. The second-order valence-electron chi connectivity index (χ2n) is 2.18. The van der Waals surface area contributed by atoms with Crippen molar-refractivity contribution in [3.05, 3.63) is 24.0 Å². The van der Waals surface area contributed by atoms with Crippen molar-refractivity contribution < 1.29 is 32.7 Å². The molecule has 0 saturated heterocycles. The third-order valence-electron chi connectivity index (χ3n) is 1.31. The summed E-state index contributed by atoms with van der Waals surface area (Å²) in [5.74, 6) is 0.705. The van der Waals surface area contributed by atoms with Crippen LogP contribution >= 0.6 is 11.8 Å². The topological polar surface area (TPSA) is 39.9 Å². The number of thioether (sulfide) groups is 1. The molecule has 0 N–H and O–H groups in total. The summed E-state index contributed by atoms with van der Waals surface area (Å²) in [6.45, 7) is 6.49. The average molecular weight is 270 g/mol. The van der Waals surface area contributed by atoms with Crippen LogP contribution in [-0.4, -0.2) is 22.8 Å². The van der Waals surface area contributed by atoms with Crippen molar-refractivity contribution in [3.63, 3.8) is 0 Å². The molecule has 1 radical (unpaired) electrons. The minimum absolute atomic E-state index is 0.